The Bertz CT molecular complexity index is 638. The van der Waals surface area contributed by atoms with E-state index in [0.717, 1.165) is 19.3 Å². The van der Waals surface area contributed by atoms with E-state index in [1.807, 2.05) is 0 Å². The third-order valence-electron chi connectivity index (χ3n) is 3.79. The van der Waals surface area contributed by atoms with Crippen LogP contribution in [-0.2, 0) is 24.3 Å². The largest absolute Gasteiger partial charge is 0.376 e. The maximum Gasteiger partial charge on any atom is 0.264 e. The average molecular weight is 341 g/mol. The summed E-state index contributed by atoms with van der Waals surface area (Å²) in [6, 6.07) is 6.50. The van der Waals surface area contributed by atoms with Gasteiger partial charge in [-0.1, -0.05) is 18.2 Å². The van der Waals surface area contributed by atoms with Crippen molar-refractivity contribution in [2.45, 2.75) is 50.2 Å². The molecule has 1 aliphatic rings. The highest BCUT2D eigenvalue weighted by molar-refractivity contribution is 7.90. The standard InChI is InChI=1S/C16H23NO5S/c1-12-7-3-4-9-15(12)23(19,20)17-16(18)13(2)22-11-14-8-5-6-10-21-14/h3-4,7,9,13-14H,5-6,8,10-11H2,1-2H3,(H,17,18)/t13-,14-/m1/s1. The second-order valence-electron chi connectivity index (χ2n) is 5.70. The quantitative estimate of drug-likeness (QED) is 0.853. The Hall–Kier alpha value is -1.44. The Morgan fingerprint density at radius 1 is 1.39 bits per heavy atom. The first-order valence-corrected chi connectivity index (χ1v) is 9.24. The molecule has 1 N–H and O–H groups in total. The van der Waals surface area contributed by atoms with Crippen LogP contribution in [0.4, 0.5) is 0 Å². The van der Waals surface area contributed by atoms with Crippen molar-refractivity contribution < 1.29 is 22.7 Å². The van der Waals surface area contributed by atoms with Crippen LogP contribution in [0, 0.1) is 6.92 Å². The van der Waals surface area contributed by atoms with Gasteiger partial charge in [0.25, 0.3) is 15.9 Å². The number of carbonyl (C=O) groups excluding carboxylic acids is 1. The maximum atomic E-state index is 12.3. The summed E-state index contributed by atoms with van der Waals surface area (Å²) in [7, 11) is -3.89. The summed E-state index contributed by atoms with van der Waals surface area (Å²) in [6.07, 6.45) is 2.14. The van der Waals surface area contributed by atoms with Gasteiger partial charge in [-0.2, -0.15) is 0 Å². The third-order valence-corrected chi connectivity index (χ3v) is 5.30. The van der Waals surface area contributed by atoms with Gasteiger partial charge in [0.2, 0.25) is 0 Å². The zero-order valence-electron chi connectivity index (χ0n) is 13.4. The van der Waals surface area contributed by atoms with Gasteiger partial charge in [-0.15, -0.1) is 0 Å². The van der Waals surface area contributed by atoms with E-state index >= 15 is 0 Å². The Morgan fingerprint density at radius 3 is 2.78 bits per heavy atom. The lowest BCUT2D eigenvalue weighted by Crippen LogP contribution is -2.40. The number of aryl methyl sites for hydroxylation is 1. The lowest BCUT2D eigenvalue weighted by atomic mass is 10.1. The lowest BCUT2D eigenvalue weighted by Gasteiger charge is -2.23. The van der Waals surface area contributed by atoms with Crippen LogP contribution in [0.3, 0.4) is 0 Å². The molecule has 1 aromatic rings. The molecule has 0 spiro atoms. The van der Waals surface area contributed by atoms with E-state index in [9.17, 15) is 13.2 Å². The van der Waals surface area contributed by atoms with Gasteiger partial charge in [0.1, 0.15) is 6.10 Å². The second kappa shape index (κ2) is 7.90. The van der Waals surface area contributed by atoms with Crippen LogP contribution >= 0.6 is 0 Å². The van der Waals surface area contributed by atoms with Gasteiger partial charge < -0.3 is 9.47 Å². The van der Waals surface area contributed by atoms with Gasteiger partial charge in [0.05, 0.1) is 17.6 Å². The minimum absolute atomic E-state index is 0.0213. The monoisotopic (exact) mass is 341 g/mol. The Kier molecular flexibility index (Phi) is 6.15. The van der Waals surface area contributed by atoms with E-state index in [1.54, 1.807) is 25.1 Å². The predicted molar refractivity (Wildman–Crippen MR) is 85.5 cm³/mol. The molecule has 2 rings (SSSR count). The molecule has 1 saturated heterocycles. The molecule has 1 fully saturated rings. The van der Waals surface area contributed by atoms with Crippen molar-refractivity contribution in [3.63, 3.8) is 0 Å². The summed E-state index contributed by atoms with van der Waals surface area (Å²) in [5.41, 5.74) is 0.581. The van der Waals surface area contributed by atoms with Crippen LogP contribution in [-0.4, -0.2) is 39.7 Å². The molecule has 1 amide bonds. The lowest BCUT2D eigenvalue weighted by molar-refractivity contribution is -0.133. The number of nitrogens with one attached hydrogen (secondary N) is 1. The van der Waals surface area contributed by atoms with Crippen molar-refractivity contribution in [1.82, 2.24) is 4.72 Å². The highest BCUT2D eigenvalue weighted by atomic mass is 32.2. The van der Waals surface area contributed by atoms with Crippen LogP contribution in [0.1, 0.15) is 31.7 Å². The van der Waals surface area contributed by atoms with Crippen molar-refractivity contribution >= 4 is 15.9 Å². The van der Waals surface area contributed by atoms with Crippen molar-refractivity contribution in [1.29, 1.82) is 0 Å². The van der Waals surface area contributed by atoms with Gasteiger partial charge in [0, 0.05) is 6.61 Å². The minimum Gasteiger partial charge on any atom is -0.376 e. The van der Waals surface area contributed by atoms with E-state index in [0.29, 0.717) is 18.8 Å². The Labute approximate surface area is 137 Å². The number of benzene rings is 1. The van der Waals surface area contributed by atoms with Gasteiger partial charge in [-0.05, 0) is 44.7 Å². The number of rotatable bonds is 6. The first-order valence-electron chi connectivity index (χ1n) is 7.75. The second-order valence-corrected chi connectivity index (χ2v) is 7.35. The molecule has 0 aliphatic carbocycles. The Balaban J connectivity index is 1.91. The molecular weight excluding hydrogens is 318 g/mol. The molecule has 1 aromatic carbocycles. The number of sulfonamides is 1. The first kappa shape index (κ1) is 17.9. The number of ether oxygens (including phenoxy) is 2. The van der Waals surface area contributed by atoms with Crippen LogP contribution < -0.4 is 4.72 Å². The zero-order valence-corrected chi connectivity index (χ0v) is 14.3. The molecule has 0 saturated carbocycles. The molecule has 0 bridgehead atoms. The Morgan fingerprint density at radius 2 is 2.13 bits per heavy atom. The summed E-state index contributed by atoms with van der Waals surface area (Å²) in [5.74, 6) is -0.677. The van der Waals surface area contributed by atoms with E-state index < -0.39 is 22.0 Å². The molecule has 6 nitrogen and oxygen atoms in total. The van der Waals surface area contributed by atoms with E-state index in [-0.39, 0.29) is 11.0 Å². The van der Waals surface area contributed by atoms with Gasteiger partial charge >= 0.3 is 0 Å². The fourth-order valence-electron chi connectivity index (χ4n) is 2.39. The number of carbonyl (C=O) groups is 1. The highest BCUT2D eigenvalue weighted by Gasteiger charge is 2.24. The molecule has 1 heterocycles. The number of hydrogen-bond acceptors (Lipinski definition) is 5. The van der Waals surface area contributed by atoms with Crippen molar-refractivity contribution in [3.05, 3.63) is 29.8 Å². The van der Waals surface area contributed by atoms with E-state index in [4.69, 9.17) is 9.47 Å². The molecule has 128 valence electrons. The number of amides is 1. The molecule has 0 aromatic heterocycles. The molecular formula is C16H23NO5S. The minimum atomic E-state index is -3.89. The van der Waals surface area contributed by atoms with Crippen LogP contribution in [0.25, 0.3) is 0 Å². The maximum absolute atomic E-state index is 12.3. The summed E-state index contributed by atoms with van der Waals surface area (Å²) >= 11 is 0. The van der Waals surface area contributed by atoms with Crippen molar-refractivity contribution in [2.75, 3.05) is 13.2 Å². The molecule has 2 atom stereocenters. The van der Waals surface area contributed by atoms with Crippen LogP contribution in [0.2, 0.25) is 0 Å². The smallest absolute Gasteiger partial charge is 0.264 e. The topological polar surface area (TPSA) is 81.7 Å². The van der Waals surface area contributed by atoms with Crippen LogP contribution in [0.5, 0.6) is 0 Å². The molecule has 23 heavy (non-hydrogen) atoms. The van der Waals surface area contributed by atoms with Crippen molar-refractivity contribution in [3.8, 4) is 0 Å². The zero-order chi connectivity index (χ0) is 16.9. The van der Waals surface area contributed by atoms with E-state index in [1.165, 1.54) is 13.0 Å². The SMILES string of the molecule is Cc1ccccc1S(=O)(=O)NC(=O)[C@@H](C)OC[C@H]1CCCCO1. The van der Waals surface area contributed by atoms with Gasteiger partial charge in [-0.25, -0.2) is 13.1 Å². The average Bonchev–Trinajstić information content (AvgIpc) is 2.53. The fourth-order valence-corrected chi connectivity index (χ4v) is 3.68. The molecule has 0 unspecified atom stereocenters. The predicted octanol–water partition coefficient (Wildman–Crippen LogP) is 1.77. The first-order chi connectivity index (χ1) is 10.9. The summed E-state index contributed by atoms with van der Waals surface area (Å²) in [4.78, 5) is 12.2. The summed E-state index contributed by atoms with van der Waals surface area (Å²) in [5, 5.41) is 0. The highest BCUT2D eigenvalue weighted by Crippen LogP contribution is 2.15. The van der Waals surface area contributed by atoms with Gasteiger partial charge in [-0.3, -0.25) is 4.79 Å². The van der Waals surface area contributed by atoms with E-state index in [2.05, 4.69) is 4.72 Å². The van der Waals surface area contributed by atoms with Crippen LogP contribution in [0.15, 0.2) is 29.2 Å². The normalized spacial score (nSPS) is 20.0. The third kappa shape index (κ3) is 5.02. The summed E-state index contributed by atoms with van der Waals surface area (Å²) in [6.45, 7) is 4.21. The number of hydrogen-bond donors (Lipinski definition) is 1. The molecule has 0 radical (unpaired) electrons. The summed E-state index contributed by atoms with van der Waals surface area (Å²) < 4.78 is 37.6. The van der Waals surface area contributed by atoms with Gasteiger partial charge in [0.15, 0.2) is 0 Å². The molecule has 1 aliphatic heterocycles. The van der Waals surface area contributed by atoms with Crippen molar-refractivity contribution in [2.24, 2.45) is 0 Å². The molecule has 7 heteroatoms. The fraction of sp³-hybridized carbons (Fsp3) is 0.562.